The molecule has 1 aliphatic carbocycles. The van der Waals surface area contributed by atoms with Crippen LogP contribution in [0, 0.1) is 10.4 Å². The Balaban J connectivity index is 1.90. The van der Waals surface area contributed by atoms with Gasteiger partial charge >= 0.3 is 0 Å². The van der Waals surface area contributed by atoms with Crippen LogP contribution in [0.2, 0.25) is 0 Å². The average Bonchev–Trinajstić information content (AvgIpc) is 3.20. The summed E-state index contributed by atoms with van der Waals surface area (Å²) in [7, 11) is 4.49. The van der Waals surface area contributed by atoms with Crippen LogP contribution in [0.1, 0.15) is 70.2 Å². The molecule has 3 rings (SSSR count). The fourth-order valence-electron chi connectivity index (χ4n) is 4.40. The first-order valence-corrected chi connectivity index (χ1v) is 13.8. The number of aryl methyl sites for hydroxylation is 1. The molecular weight excluding hydrogens is 496 g/mol. The maximum atomic E-state index is 12.9. The number of fused-ring (bicyclic) bond motifs is 1. The molecule has 6 nitrogen and oxygen atoms in total. The maximum absolute atomic E-state index is 12.9. The highest BCUT2D eigenvalue weighted by Gasteiger charge is 2.24. The van der Waals surface area contributed by atoms with Gasteiger partial charge in [-0.15, -0.1) is 11.6 Å². The van der Waals surface area contributed by atoms with Gasteiger partial charge in [-0.2, -0.15) is 0 Å². The summed E-state index contributed by atoms with van der Waals surface area (Å²) in [6.45, 7) is 14.1. The standard InChI is InChI=1S/C31H44ClN4O2/c1-30(2,3)34(37)20-25-14-15-28-27(21-35(38)31(4,5)6)19-33(22-29(25)28)16-11-17-36(7,8)23-26-13-10-9-12-24(26)18-32/h9-10,12-15,19-22H,11,16-18,23H2,1-8H3/q+1/b34-20-,35-21-. The van der Waals surface area contributed by atoms with Gasteiger partial charge in [0.1, 0.15) is 6.54 Å². The Morgan fingerprint density at radius 3 is 1.97 bits per heavy atom. The average molecular weight is 540 g/mol. The van der Waals surface area contributed by atoms with E-state index in [-0.39, 0.29) is 0 Å². The molecule has 206 valence electrons. The van der Waals surface area contributed by atoms with Crippen molar-refractivity contribution in [3.63, 3.8) is 0 Å². The number of benzene rings is 1. The first kappa shape index (κ1) is 29.7. The molecule has 1 aromatic carbocycles. The minimum absolute atomic E-state index is 0.519. The number of nitrogens with zero attached hydrogens (tertiary/aromatic N) is 4. The summed E-state index contributed by atoms with van der Waals surface area (Å²) in [5.74, 6) is 0.519. The molecule has 0 N–H and O–H groups in total. The van der Waals surface area contributed by atoms with E-state index in [0.717, 1.165) is 62.3 Å². The predicted molar refractivity (Wildman–Crippen MR) is 159 cm³/mol. The topological polar surface area (TPSA) is 57.1 Å². The number of rotatable bonds is 9. The van der Waals surface area contributed by atoms with E-state index >= 15 is 0 Å². The smallest absolute Gasteiger partial charge is 0.184 e. The van der Waals surface area contributed by atoms with Crippen molar-refractivity contribution in [3.05, 3.63) is 81.5 Å². The van der Waals surface area contributed by atoms with Gasteiger partial charge in [-0.25, -0.2) is 9.48 Å². The molecule has 0 unspecified atom stereocenters. The molecule has 0 radical (unpaired) electrons. The Labute approximate surface area is 233 Å². The number of quaternary nitrogens is 1. The summed E-state index contributed by atoms with van der Waals surface area (Å²) < 4.78 is 5.00. The first-order chi connectivity index (χ1) is 17.6. The number of hydrogen-bond donors (Lipinski definition) is 0. The Morgan fingerprint density at radius 1 is 0.816 bits per heavy atom. The van der Waals surface area contributed by atoms with Crippen LogP contribution in [-0.4, -0.2) is 62.7 Å². The largest absolute Gasteiger partial charge is 0.623 e. The Kier molecular flexibility index (Phi) is 9.00. The quantitative estimate of drug-likeness (QED) is 0.0783. The van der Waals surface area contributed by atoms with Crippen molar-refractivity contribution in [1.82, 2.24) is 4.57 Å². The van der Waals surface area contributed by atoms with E-state index in [2.05, 4.69) is 43.1 Å². The van der Waals surface area contributed by atoms with Gasteiger partial charge in [0.25, 0.3) is 0 Å². The molecule has 0 saturated heterocycles. The van der Waals surface area contributed by atoms with Crippen LogP contribution in [0.5, 0.6) is 0 Å². The van der Waals surface area contributed by atoms with Gasteiger partial charge in [0, 0.05) is 89.5 Å². The molecule has 0 saturated carbocycles. The van der Waals surface area contributed by atoms with E-state index in [1.807, 2.05) is 65.9 Å². The second-order valence-electron chi connectivity index (χ2n) is 12.9. The van der Waals surface area contributed by atoms with Crippen molar-refractivity contribution in [3.8, 4) is 11.1 Å². The van der Waals surface area contributed by atoms with E-state index in [1.165, 1.54) is 11.1 Å². The van der Waals surface area contributed by atoms with Gasteiger partial charge in [0.05, 0.1) is 26.2 Å². The maximum Gasteiger partial charge on any atom is 0.184 e. The zero-order valence-corrected chi connectivity index (χ0v) is 25.0. The van der Waals surface area contributed by atoms with Crippen LogP contribution in [0.4, 0.5) is 0 Å². The lowest BCUT2D eigenvalue weighted by molar-refractivity contribution is -0.903. The number of hydrogen-bond acceptors (Lipinski definition) is 2. The van der Waals surface area contributed by atoms with Crippen molar-refractivity contribution in [2.24, 2.45) is 0 Å². The number of hydroxylamine groups is 2. The monoisotopic (exact) mass is 539 g/mol. The molecule has 0 bridgehead atoms. The van der Waals surface area contributed by atoms with Crippen molar-refractivity contribution < 1.29 is 14.0 Å². The molecule has 1 aliphatic heterocycles. The van der Waals surface area contributed by atoms with Crippen molar-refractivity contribution in [2.45, 2.75) is 78.0 Å². The zero-order chi connectivity index (χ0) is 28.3. The van der Waals surface area contributed by atoms with Crippen molar-refractivity contribution in [1.29, 1.82) is 0 Å². The summed E-state index contributed by atoms with van der Waals surface area (Å²) in [6, 6.07) is 12.3. The number of aromatic nitrogens is 1. The Bertz CT molecular complexity index is 1280. The molecule has 0 spiro atoms. The zero-order valence-electron chi connectivity index (χ0n) is 24.3. The van der Waals surface area contributed by atoms with Gasteiger partial charge in [-0.1, -0.05) is 30.3 Å². The molecule has 2 aliphatic rings. The van der Waals surface area contributed by atoms with Gasteiger partial charge < -0.3 is 19.5 Å². The molecule has 0 fully saturated rings. The number of halogens is 1. The SMILES string of the molecule is CC(C)(C)/[N+]([O-])=C/c1cn(CCC[N+](C)(C)Cc2ccccc2CCl)cc2c(/C=[N+](\[O-])C(C)(C)C)ccc1-2. The molecule has 38 heavy (non-hydrogen) atoms. The van der Waals surface area contributed by atoms with Gasteiger partial charge in [0.15, 0.2) is 23.5 Å². The molecular formula is C31H44ClN4O2+. The minimum atomic E-state index is -0.548. The number of pyridine rings is 1. The summed E-state index contributed by atoms with van der Waals surface area (Å²) in [6.07, 6.45) is 8.43. The second-order valence-corrected chi connectivity index (χ2v) is 13.2. The summed E-state index contributed by atoms with van der Waals surface area (Å²) in [5.41, 5.74) is 5.03. The normalized spacial score (nSPS) is 13.9. The molecule has 1 aromatic rings. The van der Waals surface area contributed by atoms with Gasteiger partial charge in [-0.05, 0) is 17.2 Å². The van der Waals surface area contributed by atoms with E-state index in [4.69, 9.17) is 11.6 Å². The second kappa shape index (κ2) is 11.5. The molecule has 0 atom stereocenters. The first-order valence-electron chi connectivity index (χ1n) is 13.3. The van der Waals surface area contributed by atoms with Crippen molar-refractivity contribution >= 4 is 24.0 Å². The van der Waals surface area contributed by atoms with Crippen molar-refractivity contribution in [2.75, 3.05) is 20.6 Å². The van der Waals surface area contributed by atoms with Crippen LogP contribution in [0.25, 0.3) is 11.1 Å². The number of alkyl halides is 1. The molecule has 0 aromatic heterocycles. The van der Waals surface area contributed by atoms with Crippen LogP contribution in [0.3, 0.4) is 0 Å². The molecule has 7 heteroatoms. The lowest BCUT2D eigenvalue weighted by atomic mass is 10.0. The van der Waals surface area contributed by atoms with E-state index in [1.54, 1.807) is 12.4 Å². The Morgan fingerprint density at radius 2 is 1.39 bits per heavy atom. The molecule has 1 heterocycles. The van der Waals surface area contributed by atoms with Gasteiger partial charge in [0.2, 0.25) is 0 Å². The third-order valence-corrected chi connectivity index (χ3v) is 7.10. The summed E-state index contributed by atoms with van der Waals surface area (Å²) in [4.78, 5) is 0. The lowest BCUT2D eigenvalue weighted by Gasteiger charge is -2.31. The van der Waals surface area contributed by atoms with E-state index < -0.39 is 11.1 Å². The van der Waals surface area contributed by atoms with Crippen LogP contribution < -0.4 is 0 Å². The summed E-state index contributed by atoms with van der Waals surface area (Å²) >= 11 is 6.17. The highest BCUT2D eigenvalue weighted by Crippen LogP contribution is 2.30. The fraction of sp³-hybridized carbons (Fsp3) is 0.484. The fourth-order valence-corrected chi connectivity index (χ4v) is 4.66. The van der Waals surface area contributed by atoms with Gasteiger partial charge in [-0.3, -0.25) is 0 Å². The van der Waals surface area contributed by atoms with E-state index in [9.17, 15) is 10.4 Å². The lowest BCUT2D eigenvalue weighted by Crippen LogP contribution is -2.40. The molecule has 0 amide bonds. The third-order valence-electron chi connectivity index (χ3n) is 6.82. The minimum Gasteiger partial charge on any atom is -0.623 e. The third kappa shape index (κ3) is 7.61. The van der Waals surface area contributed by atoms with Crippen LogP contribution in [-0.2, 0) is 19.0 Å². The van der Waals surface area contributed by atoms with Crippen LogP contribution in [0.15, 0.2) is 48.8 Å². The Hall–Kier alpha value is -2.83. The summed E-state index contributed by atoms with van der Waals surface area (Å²) in [5, 5.41) is 25.6. The predicted octanol–water partition coefficient (Wildman–Crippen LogP) is 6.45. The highest BCUT2D eigenvalue weighted by molar-refractivity contribution is 6.17. The van der Waals surface area contributed by atoms with E-state index in [0.29, 0.717) is 5.88 Å². The van der Waals surface area contributed by atoms with Crippen LogP contribution >= 0.6 is 11.6 Å². The highest BCUT2D eigenvalue weighted by atomic mass is 35.5.